The third kappa shape index (κ3) is 2.06. The lowest BCUT2D eigenvalue weighted by Crippen LogP contribution is -2.21. The third-order valence-corrected chi connectivity index (χ3v) is 3.87. The Labute approximate surface area is 113 Å². The zero-order valence-electron chi connectivity index (χ0n) is 10.1. The number of carbonyl (C=O) groups is 1. The standard InChI is InChI=1S/C12H14BrNO4/c1-5-3-7-9(13)6(10(14)12(15)16)4-8(17-2)11(7)18-5/h4-5,10H,3,14H2,1-2H3,(H,15,16). The summed E-state index contributed by atoms with van der Waals surface area (Å²) in [6.07, 6.45) is 0.744. The molecule has 1 aromatic carbocycles. The van der Waals surface area contributed by atoms with Crippen molar-refractivity contribution in [3.05, 3.63) is 21.7 Å². The summed E-state index contributed by atoms with van der Waals surface area (Å²) in [6.45, 7) is 1.95. The molecule has 0 saturated heterocycles. The van der Waals surface area contributed by atoms with E-state index in [0.717, 1.165) is 5.56 Å². The molecule has 98 valence electrons. The van der Waals surface area contributed by atoms with Crippen LogP contribution in [0.3, 0.4) is 0 Å². The topological polar surface area (TPSA) is 81.8 Å². The number of nitrogens with two attached hydrogens (primary N) is 1. The van der Waals surface area contributed by atoms with E-state index in [1.807, 2.05) is 6.92 Å². The first-order valence-electron chi connectivity index (χ1n) is 5.50. The minimum Gasteiger partial charge on any atom is -0.493 e. The van der Waals surface area contributed by atoms with Crippen LogP contribution in [0.5, 0.6) is 11.5 Å². The summed E-state index contributed by atoms with van der Waals surface area (Å²) in [4.78, 5) is 11.0. The normalized spacial score (nSPS) is 19.0. The fourth-order valence-corrected chi connectivity index (χ4v) is 2.75. The number of halogens is 1. The van der Waals surface area contributed by atoms with Gasteiger partial charge in [-0.05, 0) is 18.6 Å². The van der Waals surface area contributed by atoms with Crippen LogP contribution in [0.2, 0.25) is 0 Å². The van der Waals surface area contributed by atoms with Gasteiger partial charge < -0.3 is 20.3 Å². The Morgan fingerprint density at radius 3 is 2.94 bits per heavy atom. The second kappa shape index (κ2) is 4.78. The van der Waals surface area contributed by atoms with Crippen LogP contribution in [0.25, 0.3) is 0 Å². The van der Waals surface area contributed by atoms with Crippen molar-refractivity contribution in [1.82, 2.24) is 0 Å². The molecule has 2 rings (SSSR count). The highest BCUT2D eigenvalue weighted by atomic mass is 79.9. The van der Waals surface area contributed by atoms with Crippen LogP contribution in [-0.4, -0.2) is 24.3 Å². The number of carboxylic acids is 1. The van der Waals surface area contributed by atoms with Gasteiger partial charge in [0.25, 0.3) is 0 Å². The van der Waals surface area contributed by atoms with E-state index in [0.29, 0.717) is 28.0 Å². The van der Waals surface area contributed by atoms with Gasteiger partial charge in [0.2, 0.25) is 0 Å². The maximum Gasteiger partial charge on any atom is 0.325 e. The predicted molar refractivity (Wildman–Crippen MR) is 69.1 cm³/mol. The smallest absolute Gasteiger partial charge is 0.325 e. The maximum atomic E-state index is 11.0. The van der Waals surface area contributed by atoms with Gasteiger partial charge in [-0.25, -0.2) is 0 Å². The summed E-state index contributed by atoms with van der Waals surface area (Å²) >= 11 is 3.41. The highest BCUT2D eigenvalue weighted by Gasteiger charge is 2.30. The summed E-state index contributed by atoms with van der Waals surface area (Å²) in [5.74, 6) is 0.104. The lowest BCUT2D eigenvalue weighted by Gasteiger charge is -2.15. The highest BCUT2D eigenvalue weighted by Crippen LogP contribution is 2.45. The summed E-state index contributed by atoms with van der Waals surface area (Å²) in [5, 5.41) is 9.01. The first kappa shape index (κ1) is 13.2. The quantitative estimate of drug-likeness (QED) is 0.889. The van der Waals surface area contributed by atoms with Gasteiger partial charge in [0.1, 0.15) is 12.1 Å². The fourth-order valence-electron chi connectivity index (χ4n) is 2.05. The average molecular weight is 316 g/mol. The van der Waals surface area contributed by atoms with E-state index in [2.05, 4.69) is 15.9 Å². The molecular formula is C12H14BrNO4. The molecule has 2 atom stereocenters. The molecule has 1 aliphatic rings. The van der Waals surface area contributed by atoms with Crippen molar-refractivity contribution in [3.8, 4) is 11.5 Å². The number of carboxylic acid groups (broad SMARTS) is 1. The number of fused-ring (bicyclic) bond motifs is 1. The lowest BCUT2D eigenvalue weighted by atomic mass is 10.0. The minimum atomic E-state index is -1.09. The SMILES string of the molecule is COc1cc(C(N)C(=O)O)c(Br)c2c1OC(C)C2. The number of rotatable bonds is 3. The van der Waals surface area contributed by atoms with Crippen molar-refractivity contribution < 1.29 is 19.4 Å². The largest absolute Gasteiger partial charge is 0.493 e. The van der Waals surface area contributed by atoms with E-state index in [4.69, 9.17) is 20.3 Å². The van der Waals surface area contributed by atoms with Gasteiger partial charge in [-0.1, -0.05) is 15.9 Å². The Hall–Kier alpha value is -1.27. The van der Waals surface area contributed by atoms with Crippen LogP contribution in [0.1, 0.15) is 24.1 Å². The first-order chi connectivity index (χ1) is 8.45. The Morgan fingerprint density at radius 1 is 1.72 bits per heavy atom. The molecule has 6 heteroatoms. The van der Waals surface area contributed by atoms with Gasteiger partial charge in [-0.3, -0.25) is 4.79 Å². The van der Waals surface area contributed by atoms with Crippen molar-refractivity contribution in [1.29, 1.82) is 0 Å². The Bertz CT molecular complexity index is 503. The number of hydrogen-bond donors (Lipinski definition) is 2. The van der Waals surface area contributed by atoms with Crippen molar-refractivity contribution in [2.75, 3.05) is 7.11 Å². The molecule has 3 N–H and O–H groups in total. The molecule has 1 heterocycles. The monoisotopic (exact) mass is 315 g/mol. The van der Waals surface area contributed by atoms with Gasteiger partial charge >= 0.3 is 5.97 Å². The molecule has 0 amide bonds. The fraction of sp³-hybridized carbons (Fsp3) is 0.417. The van der Waals surface area contributed by atoms with E-state index < -0.39 is 12.0 Å². The molecular weight excluding hydrogens is 302 g/mol. The molecule has 2 unspecified atom stereocenters. The number of ether oxygens (including phenoxy) is 2. The van der Waals surface area contributed by atoms with E-state index in [-0.39, 0.29) is 6.10 Å². The van der Waals surface area contributed by atoms with E-state index in [1.54, 1.807) is 6.07 Å². The van der Waals surface area contributed by atoms with Crippen molar-refractivity contribution in [3.63, 3.8) is 0 Å². The van der Waals surface area contributed by atoms with Crippen LogP contribution in [0.4, 0.5) is 0 Å². The molecule has 0 radical (unpaired) electrons. The molecule has 0 spiro atoms. The lowest BCUT2D eigenvalue weighted by molar-refractivity contribution is -0.138. The van der Waals surface area contributed by atoms with Gasteiger partial charge in [0.15, 0.2) is 11.5 Å². The summed E-state index contributed by atoms with van der Waals surface area (Å²) in [5.41, 5.74) is 7.07. The van der Waals surface area contributed by atoms with Crippen molar-refractivity contribution in [2.24, 2.45) is 5.73 Å². The molecule has 5 nitrogen and oxygen atoms in total. The van der Waals surface area contributed by atoms with Crippen LogP contribution < -0.4 is 15.2 Å². The number of methoxy groups -OCH3 is 1. The molecule has 0 aliphatic carbocycles. The van der Waals surface area contributed by atoms with E-state index in [9.17, 15) is 4.79 Å². The predicted octanol–water partition coefficient (Wildman–Crippen LogP) is 1.87. The maximum absolute atomic E-state index is 11.0. The summed E-state index contributed by atoms with van der Waals surface area (Å²) in [6, 6.07) is 0.522. The molecule has 0 fully saturated rings. The van der Waals surface area contributed by atoms with Crippen molar-refractivity contribution in [2.45, 2.75) is 25.5 Å². The van der Waals surface area contributed by atoms with E-state index >= 15 is 0 Å². The van der Waals surface area contributed by atoms with Crippen LogP contribution in [-0.2, 0) is 11.2 Å². The van der Waals surface area contributed by atoms with Gasteiger partial charge in [-0.2, -0.15) is 0 Å². The second-order valence-electron chi connectivity index (χ2n) is 4.24. The average Bonchev–Trinajstić information content (AvgIpc) is 2.71. The number of aliphatic carboxylic acids is 1. The summed E-state index contributed by atoms with van der Waals surface area (Å²) < 4.78 is 11.6. The number of benzene rings is 1. The van der Waals surface area contributed by atoms with Crippen molar-refractivity contribution >= 4 is 21.9 Å². The van der Waals surface area contributed by atoms with Crippen LogP contribution in [0.15, 0.2) is 10.5 Å². The third-order valence-electron chi connectivity index (χ3n) is 2.93. The molecule has 18 heavy (non-hydrogen) atoms. The Balaban J connectivity index is 2.58. The van der Waals surface area contributed by atoms with Crippen LogP contribution >= 0.6 is 15.9 Å². The van der Waals surface area contributed by atoms with Gasteiger partial charge in [0, 0.05) is 16.5 Å². The zero-order valence-corrected chi connectivity index (χ0v) is 11.7. The molecule has 1 aromatic rings. The zero-order chi connectivity index (χ0) is 13.4. The van der Waals surface area contributed by atoms with Gasteiger partial charge in [0.05, 0.1) is 7.11 Å². The highest BCUT2D eigenvalue weighted by molar-refractivity contribution is 9.10. The van der Waals surface area contributed by atoms with Gasteiger partial charge in [-0.15, -0.1) is 0 Å². The Morgan fingerprint density at radius 2 is 2.39 bits per heavy atom. The molecule has 0 saturated carbocycles. The molecule has 1 aliphatic heterocycles. The minimum absolute atomic E-state index is 0.0431. The first-order valence-corrected chi connectivity index (χ1v) is 6.29. The summed E-state index contributed by atoms with van der Waals surface area (Å²) in [7, 11) is 1.52. The number of hydrogen-bond acceptors (Lipinski definition) is 4. The Kier molecular flexibility index (Phi) is 3.49. The molecule has 0 aromatic heterocycles. The van der Waals surface area contributed by atoms with Crippen LogP contribution in [0, 0.1) is 0 Å². The molecule has 0 bridgehead atoms. The second-order valence-corrected chi connectivity index (χ2v) is 5.03. The van der Waals surface area contributed by atoms with E-state index in [1.165, 1.54) is 7.11 Å².